The van der Waals surface area contributed by atoms with Gasteiger partial charge in [0.15, 0.2) is 11.6 Å². The van der Waals surface area contributed by atoms with Gasteiger partial charge in [0.25, 0.3) is 0 Å². The van der Waals surface area contributed by atoms with Crippen molar-refractivity contribution in [3.63, 3.8) is 0 Å². The van der Waals surface area contributed by atoms with Crippen molar-refractivity contribution in [2.45, 2.75) is 56.6 Å². The van der Waals surface area contributed by atoms with Crippen LogP contribution in [0.2, 0.25) is 5.02 Å². The lowest BCUT2D eigenvalue weighted by Crippen LogP contribution is -2.29. The van der Waals surface area contributed by atoms with Crippen LogP contribution in [0.3, 0.4) is 0 Å². The average molecular weight is 568 g/mol. The molecule has 0 radical (unpaired) electrons. The number of hydrogen-bond donors (Lipinski definition) is 1. The van der Waals surface area contributed by atoms with Gasteiger partial charge in [0.05, 0.1) is 23.3 Å². The van der Waals surface area contributed by atoms with E-state index in [1.54, 1.807) is 24.3 Å². The third-order valence-electron chi connectivity index (χ3n) is 7.88. The standard InChI is InChI=1S/C30H28ClF2N3O4/c31-20-8-6-19(7-9-20)28-35-24-14-22(32)23(33)15-25(24)36(28)26(18-4-2-1-3-5-18)17-39-27-11-10-21(16-34-27)40-30(12-13-30)29(37)38/h6-11,14-16,18,26H,1-5,12-13,17H2,(H,37,38). The number of rotatable bonds is 9. The number of carbonyl (C=O) groups is 1. The summed E-state index contributed by atoms with van der Waals surface area (Å²) < 4.78 is 42.6. The molecule has 4 aromatic rings. The Labute approximate surface area is 234 Å². The van der Waals surface area contributed by atoms with Gasteiger partial charge in [-0.3, -0.25) is 0 Å². The predicted octanol–water partition coefficient (Wildman–Crippen LogP) is 7.23. The first-order valence-electron chi connectivity index (χ1n) is 13.5. The van der Waals surface area contributed by atoms with Gasteiger partial charge in [0.1, 0.15) is 18.2 Å². The summed E-state index contributed by atoms with van der Waals surface area (Å²) in [6, 6.07) is 12.6. The van der Waals surface area contributed by atoms with Crippen LogP contribution in [0.5, 0.6) is 11.6 Å². The molecule has 2 aliphatic carbocycles. The van der Waals surface area contributed by atoms with E-state index in [1.165, 1.54) is 12.3 Å². The third-order valence-corrected chi connectivity index (χ3v) is 8.13. The first-order valence-corrected chi connectivity index (χ1v) is 13.8. The van der Waals surface area contributed by atoms with Crippen LogP contribution >= 0.6 is 11.6 Å². The number of hydrogen-bond acceptors (Lipinski definition) is 5. The fraction of sp³-hybridized carbons (Fsp3) is 0.367. The summed E-state index contributed by atoms with van der Waals surface area (Å²) in [6.07, 6.45) is 7.61. The molecule has 10 heteroatoms. The minimum atomic E-state index is -1.16. The van der Waals surface area contributed by atoms with Crippen molar-refractivity contribution < 1.29 is 28.2 Å². The summed E-state index contributed by atoms with van der Waals surface area (Å²) in [5, 5.41) is 9.95. The number of carboxylic acids is 1. The molecule has 0 amide bonds. The van der Waals surface area contributed by atoms with E-state index in [1.807, 2.05) is 16.7 Å². The number of ether oxygens (including phenoxy) is 2. The molecule has 1 N–H and O–H groups in total. The predicted molar refractivity (Wildman–Crippen MR) is 146 cm³/mol. The quantitative estimate of drug-likeness (QED) is 0.230. The zero-order valence-corrected chi connectivity index (χ0v) is 22.4. The van der Waals surface area contributed by atoms with Gasteiger partial charge in [0, 0.05) is 41.6 Å². The molecule has 1 unspecified atom stereocenters. The van der Waals surface area contributed by atoms with Crippen LogP contribution in [0.15, 0.2) is 54.7 Å². The maximum atomic E-state index is 14.5. The molecule has 7 nitrogen and oxygen atoms in total. The molecular weight excluding hydrogens is 540 g/mol. The Bertz CT molecular complexity index is 1530. The lowest BCUT2D eigenvalue weighted by atomic mass is 9.83. The van der Waals surface area contributed by atoms with Crippen molar-refractivity contribution in [3.8, 4) is 23.0 Å². The fourth-order valence-corrected chi connectivity index (χ4v) is 5.68. The van der Waals surface area contributed by atoms with Crippen LogP contribution in [0.25, 0.3) is 22.4 Å². The number of aliphatic carboxylic acids is 1. The highest BCUT2D eigenvalue weighted by atomic mass is 35.5. The summed E-state index contributed by atoms with van der Waals surface area (Å²) in [6.45, 7) is 0.224. The Balaban J connectivity index is 1.34. The van der Waals surface area contributed by atoms with Crippen LogP contribution in [0, 0.1) is 17.6 Å². The minimum absolute atomic E-state index is 0.221. The highest BCUT2D eigenvalue weighted by molar-refractivity contribution is 6.30. The molecule has 2 aromatic carbocycles. The first kappa shape index (κ1) is 26.5. The van der Waals surface area contributed by atoms with Crippen LogP contribution in [0.4, 0.5) is 8.78 Å². The molecule has 6 rings (SSSR count). The number of aromatic nitrogens is 3. The Hall–Kier alpha value is -3.72. The number of carboxylic acid groups (broad SMARTS) is 1. The first-order chi connectivity index (χ1) is 19.3. The van der Waals surface area contributed by atoms with E-state index in [4.69, 9.17) is 26.1 Å². The van der Waals surface area contributed by atoms with E-state index in [9.17, 15) is 18.7 Å². The topological polar surface area (TPSA) is 86.5 Å². The van der Waals surface area contributed by atoms with E-state index in [0.29, 0.717) is 46.4 Å². The minimum Gasteiger partial charge on any atom is -0.478 e. The molecule has 0 aliphatic heterocycles. The Morgan fingerprint density at radius 2 is 1.80 bits per heavy atom. The monoisotopic (exact) mass is 567 g/mol. The number of nitrogens with zero attached hydrogens (tertiary/aromatic N) is 3. The van der Waals surface area contributed by atoms with Crippen LogP contribution in [0.1, 0.15) is 51.0 Å². The van der Waals surface area contributed by atoms with Crippen LogP contribution in [-0.2, 0) is 4.79 Å². The lowest BCUT2D eigenvalue weighted by Gasteiger charge is -2.32. The second-order valence-corrected chi connectivity index (χ2v) is 11.0. The lowest BCUT2D eigenvalue weighted by molar-refractivity contribution is -0.147. The van der Waals surface area contributed by atoms with E-state index in [2.05, 4.69) is 4.98 Å². The fourth-order valence-electron chi connectivity index (χ4n) is 5.55. The van der Waals surface area contributed by atoms with Gasteiger partial charge in [-0.25, -0.2) is 23.5 Å². The molecule has 0 bridgehead atoms. The summed E-state index contributed by atoms with van der Waals surface area (Å²) in [5.74, 6) is -1.36. The SMILES string of the molecule is O=C(O)C1(Oc2ccc(OCC(C3CCCCC3)n3c(-c4ccc(Cl)cc4)nc4cc(F)c(F)cc43)nc2)CC1. The van der Waals surface area contributed by atoms with Crippen molar-refractivity contribution >= 4 is 28.6 Å². The van der Waals surface area contributed by atoms with E-state index in [-0.39, 0.29) is 18.6 Å². The van der Waals surface area contributed by atoms with Crippen molar-refractivity contribution in [3.05, 3.63) is 71.4 Å². The van der Waals surface area contributed by atoms with Crippen molar-refractivity contribution in [1.82, 2.24) is 14.5 Å². The molecule has 2 heterocycles. The second kappa shape index (κ2) is 10.7. The molecule has 1 atom stereocenters. The Kier molecular flexibility index (Phi) is 7.08. The zero-order valence-electron chi connectivity index (χ0n) is 21.7. The van der Waals surface area contributed by atoms with E-state index >= 15 is 0 Å². The van der Waals surface area contributed by atoms with Crippen molar-refractivity contribution in [2.75, 3.05) is 6.61 Å². The van der Waals surface area contributed by atoms with Gasteiger partial charge < -0.3 is 19.1 Å². The van der Waals surface area contributed by atoms with Crippen molar-refractivity contribution in [1.29, 1.82) is 0 Å². The van der Waals surface area contributed by atoms with Gasteiger partial charge in [-0.1, -0.05) is 30.9 Å². The summed E-state index contributed by atoms with van der Waals surface area (Å²) in [7, 11) is 0. The molecule has 0 saturated heterocycles. The Morgan fingerprint density at radius 1 is 1.07 bits per heavy atom. The number of benzene rings is 2. The maximum absolute atomic E-state index is 14.5. The molecule has 2 saturated carbocycles. The number of fused-ring (bicyclic) bond motifs is 1. The number of imidazole rings is 1. The molecule has 2 aromatic heterocycles. The molecular formula is C30H28ClF2N3O4. The maximum Gasteiger partial charge on any atom is 0.348 e. The van der Waals surface area contributed by atoms with Gasteiger partial charge in [-0.15, -0.1) is 0 Å². The van der Waals surface area contributed by atoms with Crippen LogP contribution < -0.4 is 9.47 Å². The van der Waals surface area contributed by atoms with Gasteiger partial charge in [-0.2, -0.15) is 0 Å². The number of pyridine rings is 1. The van der Waals surface area contributed by atoms with Crippen molar-refractivity contribution in [2.24, 2.45) is 5.92 Å². The highest BCUT2D eigenvalue weighted by Crippen LogP contribution is 2.41. The van der Waals surface area contributed by atoms with E-state index < -0.39 is 23.2 Å². The van der Waals surface area contributed by atoms with Gasteiger partial charge in [-0.05, 0) is 49.1 Å². The summed E-state index contributed by atoms with van der Waals surface area (Å²) in [5.41, 5.74) is 0.458. The third kappa shape index (κ3) is 5.22. The van der Waals surface area contributed by atoms with Crippen LogP contribution in [-0.4, -0.2) is 37.8 Å². The average Bonchev–Trinajstić information content (AvgIpc) is 3.67. The second-order valence-electron chi connectivity index (χ2n) is 10.6. The van der Waals surface area contributed by atoms with E-state index in [0.717, 1.165) is 43.7 Å². The highest BCUT2D eigenvalue weighted by Gasteiger charge is 2.53. The summed E-state index contributed by atoms with van der Waals surface area (Å²) >= 11 is 6.14. The smallest absolute Gasteiger partial charge is 0.348 e. The largest absolute Gasteiger partial charge is 0.478 e. The van der Waals surface area contributed by atoms with Gasteiger partial charge >= 0.3 is 5.97 Å². The molecule has 208 valence electrons. The molecule has 2 fully saturated rings. The number of halogens is 3. The zero-order chi connectivity index (χ0) is 27.9. The molecule has 0 spiro atoms. The Morgan fingerprint density at radius 3 is 2.45 bits per heavy atom. The summed E-state index contributed by atoms with van der Waals surface area (Å²) in [4.78, 5) is 20.5. The van der Waals surface area contributed by atoms with Gasteiger partial charge in [0.2, 0.25) is 11.5 Å². The molecule has 40 heavy (non-hydrogen) atoms. The molecule has 2 aliphatic rings. The normalized spacial score (nSPS) is 17.5.